The molecule has 0 saturated carbocycles. The molecule has 0 bridgehead atoms. The van der Waals surface area contributed by atoms with Crippen molar-refractivity contribution in [3.63, 3.8) is 0 Å². The van der Waals surface area contributed by atoms with E-state index in [1.165, 1.54) is 0 Å². The summed E-state index contributed by atoms with van der Waals surface area (Å²) in [6, 6.07) is 5.97. The van der Waals surface area contributed by atoms with E-state index >= 15 is 0 Å². The molecule has 5 heteroatoms. The Bertz CT molecular complexity index is 367. The van der Waals surface area contributed by atoms with Gasteiger partial charge in [0.05, 0.1) is 0 Å². The Morgan fingerprint density at radius 1 is 1.25 bits per heavy atom. The maximum atomic E-state index is 5.30. The van der Waals surface area contributed by atoms with Crippen molar-refractivity contribution >= 4 is 5.96 Å². The van der Waals surface area contributed by atoms with Crippen molar-refractivity contribution in [1.29, 1.82) is 0 Å². The molecule has 20 heavy (non-hydrogen) atoms. The molecule has 0 fully saturated rings. The fourth-order valence-electron chi connectivity index (χ4n) is 1.76. The first kappa shape index (κ1) is 16.4. The van der Waals surface area contributed by atoms with Gasteiger partial charge in [-0.25, -0.2) is 0 Å². The number of aromatic nitrogens is 1. The summed E-state index contributed by atoms with van der Waals surface area (Å²) in [4.78, 5) is 8.49. The second-order valence-corrected chi connectivity index (χ2v) is 4.40. The van der Waals surface area contributed by atoms with Gasteiger partial charge in [0.15, 0.2) is 5.96 Å². The molecule has 0 atom stereocenters. The highest BCUT2D eigenvalue weighted by Gasteiger charge is 1.98. The Hall–Kier alpha value is -1.62. The number of ether oxygens (including phenoxy) is 1. The molecule has 1 aromatic rings. The smallest absolute Gasteiger partial charge is 0.190 e. The second kappa shape index (κ2) is 11.2. The minimum Gasteiger partial charge on any atom is -0.382 e. The number of nitrogens with one attached hydrogen (secondary N) is 2. The van der Waals surface area contributed by atoms with Crippen LogP contribution in [0.15, 0.2) is 29.4 Å². The van der Waals surface area contributed by atoms with Gasteiger partial charge in [-0.2, -0.15) is 0 Å². The summed E-state index contributed by atoms with van der Waals surface area (Å²) in [5, 5.41) is 6.58. The lowest BCUT2D eigenvalue weighted by Crippen LogP contribution is -2.38. The number of hydrogen-bond acceptors (Lipinski definition) is 3. The highest BCUT2D eigenvalue weighted by atomic mass is 16.5. The molecular formula is C15H26N4O. The first-order valence-electron chi connectivity index (χ1n) is 7.29. The van der Waals surface area contributed by atoms with Crippen molar-refractivity contribution in [3.8, 4) is 0 Å². The number of rotatable bonds is 9. The fourth-order valence-corrected chi connectivity index (χ4v) is 1.76. The van der Waals surface area contributed by atoms with Gasteiger partial charge in [-0.3, -0.25) is 9.98 Å². The maximum absolute atomic E-state index is 5.30. The SMILES string of the molecule is CCOCCCCNC(=NC)NCCc1ccccn1. The molecule has 112 valence electrons. The Morgan fingerprint density at radius 2 is 2.10 bits per heavy atom. The third kappa shape index (κ3) is 7.74. The molecule has 0 amide bonds. The summed E-state index contributed by atoms with van der Waals surface area (Å²) in [6.45, 7) is 5.39. The fraction of sp³-hybridized carbons (Fsp3) is 0.600. The van der Waals surface area contributed by atoms with Crippen LogP contribution >= 0.6 is 0 Å². The zero-order chi connectivity index (χ0) is 14.5. The van der Waals surface area contributed by atoms with Gasteiger partial charge in [-0.05, 0) is 31.9 Å². The van der Waals surface area contributed by atoms with E-state index < -0.39 is 0 Å². The third-order valence-electron chi connectivity index (χ3n) is 2.84. The standard InChI is InChI=1S/C15H26N4O/c1-3-20-13-7-6-11-18-15(16-2)19-12-9-14-8-4-5-10-17-14/h4-5,8,10H,3,6-7,9,11-13H2,1-2H3,(H2,16,18,19). The van der Waals surface area contributed by atoms with Crippen LogP contribution in [-0.2, 0) is 11.2 Å². The minimum absolute atomic E-state index is 0.796. The van der Waals surface area contributed by atoms with Gasteiger partial charge in [-0.15, -0.1) is 0 Å². The van der Waals surface area contributed by atoms with Crippen molar-refractivity contribution in [1.82, 2.24) is 15.6 Å². The summed E-state index contributed by atoms with van der Waals surface area (Å²) in [6.07, 6.45) is 4.87. The lowest BCUT2D eigenvalue weighted by Gasteiger charge is -2.11. The van der Waals surface area contributed by atoms with E-state index in [9.17, 15) is 0 Å². The van der Waals surface area contributed by atoms with Gasteiger partial charge >= 0.3 is 0 Å². The number of unbranched alkanes of at least 4 members (excludes halogenated alkanes) is 1. The summed E-state index contributed by atoms with van der Waals surface area (Å²) in [5.74, 6) is 0.845. The van der Waals surface area contributed by atoms with Crippen LogP contribution in [0.1, 0.15) is 25.5 Å². The van der Waals surface area contributed by atoms with Gasteiger partial charge in [-0.1, -0.05) is 6.07 Å². The lowest BCUT2D eigenvalue weighted by molar-refractivity contribution is 0.143. The number of aliphatic imine (C=N–C) groups is 1. The zero-order valence-electron chi connectivity index (χ0n) is 12.6. The number of hydrogen-bond donors (Lipinski definition) is 2. The van der Waals surface area contributed by atoms with Crippen LogP contribution in [0.4, 0.5) is 0 Å². The predicted molar refractivity (Wildman–Crippen MR) is 83.0 cm³/mol. The Balaban J connectivity index is 2.08. The Labute approximate surface area is 121 Å². The quantitative estimate of drug-likeness (QED) is 0.409. The maximum Gasteiger partial charge on any atom is 0.190 e. The molecular weight excluding hydrogens is 252 g/mol. The van der Waals surface area contributed by atoms with Crippen LogP contribution in [0.25, 0.3) is 0 Å². The van der Waals surface area contributed by atoms with Crippen LogP contribution < -0.4 is 10.6 Å². The molecule has 0 aliphatic heterocycles. The third-order valence-corrected chi connectivity index (χ3v) is 2.84. The molecule has 1 rings (SSSR count). The summed E-state index contributed by atoms with van der Waals surface area (Å²) >= 11 is 0. The number of guanidine groups is 1. The number of nitrogens with zero attached hydrogens (tertiary/aromatic N) is 2. The molecule has 0 spiro atoms. The van der Waals surface area contributed by atoms with E-state index in [1.807, 2.05) is 31.3 Å². The second-order valence-electron chi connectivity index (χ2n) is 4.40. The largest absolute Gasteiger partial charge is 0.382 e. The summed E-state index contributed by atoms with van der Waals surface area (Å²) < 4.78 is 5.30. The van der Waals surface area contributed by atoms with Crippen molar-refractivity contribution in [2.75, 3.05) is 33.4 Å². The zero-order valence-corrected chi connectivity index (χ0v) is 12.6. The molecule has 0 aliphatic rings. The average Bonchev–Trinajstić information content (AvgIpc) is 2.50. The average molecular weight is 278 g/mol. The van der Waals surface area contributed by atoms with Crippen LogP contribution in [-0.4, -0.2) is 44.3 Å². The van der Waals surface area contributed by atoms with E-state index in [1.54, 1.807) is 7.05 Å². The van der Waals surface area contributed by atoms with Crippen LogP contribution in [0.3, 0.4) is 0 Å². The van der Waals surface area contributed by atoms with Gasteiger partial charge in [0, 0.05) is 51.7 Å². The topological polar surface area (TPSA) is 58.5 Å². The van der Waals surface area contributed by atoms with Gasteiger partial charge in [0.25, 0.3) is 0 Å². The van der Waals surface area contributed by atoms with Gasteiger partial charge in [0.1, 0.15) is 0 Å². The van der Waals surface area contributed by atoms with Crippen molar-refractivity contribution < 1.29 is 4.74 Å². The van der Waals surface area contributed by atoms with Crippen molar-refractivity contribution in [2.45, 2.75) is 26.2 Å². The number of pyridine rings is 1. The van der Waals surface area contributed by atoms with Gasteiger partial charge in [0.2, 0.25) is 0 Å². The van der Waals surface area contributed by atoms with Crippen LogP contribution in [0.2, 0.25) is 0 Å². The molecule has 5 nitrogen and oxygen atoms in total. The van der Waals surface area contributed by atoms with Gasteiger partial charge < -0.3 is 15.4 Å². The normalized spacial score (nSPS) is 11.4. The van der Waals surface area contributed by atoms with Crippen molar-refractivity contribution in [3.05, 3.63) is 30.1 Å². The molecule has 0 radical (unpaired) electrons. The van der Waals surface area contributed by atoms with Crippen molar-refractivity contribution in [2.24, 2.45) is 4.99 Å². The highest BCUT2D eigenvalue weighted by Crippen LogP contribution is 1.93. The summed E-state index contributed by atoms with van der Waals surface area (Å²) in [7, 11) is 1.79. The first-order valence-corrected chi connectivity index (χ1v) is 7.29. The Kier molecular flexibility index (Phi) is 9.23. The predicted octanol–water partition coefficient (Wildman–Crippen LogP) is 1.61. The van der Waals surface area contributed by atoms with E-state index in [-0.39, 0.29) is 0 Å². The Morgan fingerprint density at radius 3 is 2.80 bits per heavy atom. The van der Waals surface area contributed by atoms with E-state index in [0.29, 0.717) is 0 Å². The van der Waals surface area contributed by atoms with E-state index in [2.05, 4.69) is 20.6 Å². The lowest BCUT2D eigenvalue weighted by atomic mass is 10.3. The molecule has 0 saturated heterocycles. The van der Waals surface area contributed by atoms with E-state index in [4.69, 9.17) is 4.74 Å². The first-order chi connectivity index (χ1) is 9.86. The summed E-state index contributed by atoms with van der Waals surface area (Å²) in [5.41, 5.74) is 1.09. The molecule has 1 heterocycles. The van der Waals surface area contributed by atoms with Crippen LogP contribution in [0, 0.1) is 0 Å². The molecule has 2 N–H and O–H groups in total. The molecule has 0 unspecified atom stereocenters. The highest BCUT2D eigenvalue weighted by molar-refractivity contribution is 5.79. The minimum atomic E-state index is 0.796. The molecule has 0 aliphatic carbocycles. The molecule has 1 aromatic heterocycles. The van der Waals surface area contributed by atoms with Crippen LogP contribution in [0.5, 0.6) is 0 Å². The molecule has 0 aromatic carbocycles. The van der Waals surface area contributed by atoms with E-state index in [0.717, 1.165) is 57.2 Å². The monoisotopic (exact) mass is 278 g/mol.